The van der Waals surface area contributed by atoms with Gasteiger partial charge in [0.1, 0.15) is 6.10 Å². The van der Waals surface area contributed by atoms with Crippen molar-refractivity contribution in [3.8, 4) is 0 Å². The van der Waals surface area contributed by atoms with E-state index in [0.29, 0.717) is 16.5 Å². The lowest BCUT2D eigenvalue weighted by atomic mass is 10.0. The van der Waals surface area contributed by atoms with Crippen molar-refractivity contribution in [1.29, 1.82) is 0 Å². The number of alkyl halides is 3. The lowest BCUT2D eigenvalue weighted by Gasteiger charge is -2.17. The summed E-state index contributed by atoms with van der Waals surface area (Å²) in [5.74, 6) is -0.518. The average Bonchev–Trinajstić information content (AvgIpc) is 2.23. The Balaban J connectivity index is 3.15. The van der Waals surface area contributed by atoms with E-state index in [9.17, 15) is 18.0 Å². The van der Waals surface area contributed by atoms with Crippen molar-refractivity contribution in [2.45, 2.75) is 32.5 Å². The summed E-state index contributed by atoms with van der Waals surface area (Å²) < 4.78 is 43.2. The number of carbonyl (C=O) groups excluding carboxylic acids is 1. The Kier molecular flexibility index (Phi) is 4.78. The summed E-state index contributed by atoms with van der Waals surface area (Å²) in [5.41, 5.74) is -0.438. The van der Waals surface area contributed by atoms with E-state index in [1.54, 1.807) is 6.92 Å². The van der Waals surface area contributed by atoms with Gasteiger partial charge in [-0.25, -0.2) is 0 Å². The topological polar surface area (TPSA) is 26.3 Å². The van der Waals surface area contributed by atoms with Crippen LogP contribution in [-0.4, -0.2) is 5.97 Å². The molecule has 2 nitrogen and oxygen atoms in total. The summed E-state index contributed by atoms with van der Waals surface area (Å²) in [7, 11) is 0. The second kappa shape index (κ2) is 5.73. The Morgan fingerprint density at radius 2 is 2.00 bits per heavy atom. The van der Waals surface area contributed by atoms with E-state index in [1.807, 2.05) is 0 Å². The molecule has 0 saturated heterocycles. The SMILES string of the molecule is CCC(OC(C)=O)c1cc(Br)cc(C(F)(F)F)c1. The molecule has 1 atom stereocenters. The molecule has 1 rings (SSSR count). The highest BCUT2D eigenvalue weighted by atomic mass is 79.9. The standard InChI is InChI=1S/C12H12BrF3O2/c1-3-11(18-7(2)17)8-4-9(12(14,15)16)6-10(13)5-8/h4-6,11H,3H2,1-2H3. The molecule has 0 saturated carbocycles. The van der Waals surface area contributed by atoms with Gasteiger partial charge in [0.25, 0.3) is 0 Å². The Morgan fingerprint density at radius 3 is 2.44 bits per heavy atom. The third-order valence-corrected chi connectivity index (χ3v) is 2.76. The predicted octanol–water partition coefficient (Wildman–Crippen LogP) is 4.48. The van der Waals surface area contributed by atoms with Crippen LogP contribution < -0.4 is 0 Å². The van der Waals surface area contributed by atoms with E-state index in [2.05, 4.69) is 15.9 Å². The molecule has 0 fully saturated rings. The third-order valence-electron chi connectivity index (χ3n) is 2.30. The molecule has 1 aromatic rings. The maximum Gasteiger partial charge on any atom is 0.416 e. The first-order valence-corrected chi connectivity index (χ1v) is 6.08. The molecule has 1 unspecified atom stereocenters. The smallest absolute Gasteiger partial charge is 0.416 e. The molecule has 18 heavy (non-hydrogen) atoms. The van der Waals surface area contributed by atoms with Gasteiger partial charge in [0.15, 0.2) is 0 Å². The molecule has 6 heteroatoms. The van der Waals surface area contributed by atoms with Gasteiger partial charge in [-0.1, -0.05) is 22.9 Å². The number of ether oxygens (including phenoxy) is 1. The van der Waals surface area contributed by atoms with Gasteiger partial charge in [0, 0.05) is 11.4 Å². The molecule has 1 aromatic carbocycles. The Morgan fingerprint density at radius 1 is 1.39 bits per heavy atom. The molecule has 0 N–H and O–H groups in total. The summed E-state index contributed by atoms with van der Waals surface area (Å²) in [6, 6.07) is 3.51. The molecule has 0 aromatic heterocycles. The molecule has 0 spiro atoms. The van der Waals surface area contributed by atoms with Crippen molar-refractivity contribution in [1.82, 2.24) is 0 Å². The van der Waals surface area contributed by atoms with E-state index in [-0.39, 0.29) is 0 Å². The van der Waals surface area contributed by atoms with E-state index in [1.165, 1.54) is 13.0 Å². The summed E-state index contributed by atoms with van der Waals surface area (Å²) in [6.07, 6.45) is -4.68. The highest BCUT2D eigenvalue weighted by Crippen LogP contribution is 2.34. The monoisotopic (exact) mass is 324 g/mol. The van der Waals surface area contributed by atoms with E-state index < -0.39 is 23.8 Å². The summed E-state index contributed by atoms with van der Waals surface area (Å²) in [5, 5.41) is 0. The molecule has 100 valence electrons. The number of hydrogen-bond acceptors (Lipinski definition) is 2. The highest BCUT2D eigenvalue weighted by Gasteiger charge is 2.31. The van der Waals surface area contributed by atoms with Crippen molar-refractivity contribution in [3.63, 3.8) is 0 Å². The predicted molar refractivity (Wildman–Crippen MR) is 63.9 cm³/mol. The van der Waals surface area contributed by atoms with Crippen LogP contribution in [0.5, 0.6) is 0 Å². The van der Waals surface area contributed by atoms with Gasteiger partial charge in [-0.2, -0.15) is 13.2 Å². The van der Waals surface area contributed by atoms with Crippen molar-refractivity contribution >= 4 is 21.9 Å². The molecule has 0 aliphatic carbocycles. The lowest BCUT2D eigenvalue weighted by Crippen LogP contribution is -2.10. The van der Waals surface area contributed by atoms with Crippen LogP contribution in [0.4, 0.5) is 13.2 Å². The maximum absolute atomic E-state index is 12.6. The van der Waals surface area contributed by atoms with Crippen LogP contribution >= 0.6 is 15.9 Å². The normalized spacial score (nSPS) is 13.2. The van der Waals surface area contributed by atoms with E-state index in [0.717, 1.165) is 12.1 Å². The van der Waals surface area contributed by atoms with Crippen molar-refractivity contribution < 1.29 is 22.7 Å². The quantitative estimate of drug-likeness (QED) is 0.766. The first kappa shape index (κ1) is 15.0. The molecule has 0 amide bonds. The highest BCUT2D eigenvalue weighted by molar-refractivity contribution is 9.10. The minimum atomic E-state index is -4.42. The second-order valence-electron chi connectivity index (χ2n) is 3.78. The number of hydrogen-bond donors (Lipinski definition) is 0. The van der Waals surface area contributed by atoms with Crippen molar-refractivity contribution in [2.24, 2.45) is 0 Å². The van der Waals surface area contributed by atoms with Gasteiger partial charge in [-0.15, -0.1) is 0 Å². The molecule has 0 radical (unpaired) electrons. The number of carbonyl (C=O) groups is 1. The molecular formula is C12H12BrF3O2. The van der Waals surface area contributed by atoms with Gasteiger partial charge in [-0.3, -0.25) is 4.79 Å². The molecule has 0 aliphatic heterocycles. The number of halogens is 4. The van der Waals surface area contributed by atoms with E-state index in [4.69, 9.17) is 4.74 Å². The van der Waals surface area contributed by atoms with Crippen molar-refractivity contribution in [3.05, 3.63) is 33.8 Å². The first-order chi connectivity index (χ1) is 8.24. The summed E-state index contributed by atoms with van der Waals surface area (Å²) in [4.78, 5) is 10.9. The Bertz CT molecular complexity index is 443. The molecule has 0 aliphatic rings. The molecule has 0 bridgehead atoms. The van der Waals surface area contributed by atoms with Gasteiger partial charge in [0.2, 0.25) is 0 Å². The van der Waals surface area contributed by atoms with E-state index >= 15 is 0 Å². The lowest BCUT2D eigenvalue weighted by molar-refractivity contribution is -0.146. The minimum Gasteiger partial charge on any atom is -0.458 e. The second-order valence-corrected chi connectivity index (χ2v) is 4.69. The van der Waals surface area contributed by atoms with Crippen LogP contribution in [0.3, 0.4) is 0 Å². The maximum atomic E-state index is 12.6. The summed E-state index contributed by atoms with van der Waals surface area (Å²) >= 11 is 3.03. The first-order valence-electron chi connectivity index (χ1n) is 5.29. The van der Waals surface area contributed by atoms with Crippen LogP contribution in [0, 0.1) is 0 Å². The molecular weight excluding hydrogens is 313 g/mol. The van der Waals surface area contributed by atoms with Crippen LogP contribution in [0.25, 0.3) is 0 Å². The number of benzene rings is 1. The largest absolute Gasteiger partial charge is 0.458 e. The minimum absolute atomic E-state index is 0.304. The zero-order chi connectivity index (χ0) is 13.9. The summed E-state index contributed by atoms with van der Waals surface area (Å²) in [6.45, 7) is 2.97. The molecule has 0 heterocycles. The number of esters is 1. The van der Waals surface area contributed by atoms with Gasteiger partial charge < -0.3 is 4.74 Å². The number of rotatable bonds is 3. The van der Waals surface area contributed by atoms with Crippen LogP contribution in [-0.2, 0) is 15.7 Å². The Labute approximate surface area is 111 Å². The van der Waals surface area contributed by atoms with Crippen molar-refractivity contribution in [2.75, 3.05) is 0 Å². The van der Waals surface area contributed by atoms with Crippen LogP contribution in [0.15, 0.2) is 22.7 Å². The van der Waals surface area contributed by atoms with Gasteiger partial charge in [0.05, 0.1) is 5.56 Å². The van der Waals surface area contributed by atoms with Crippen LogP contribution in [0.2, 0.25) is 0 Å². The zero-order valence-electron chi connectivity index (χ0n) is 9.84. The van der Waals surface area contributed by atoms with Crippen LogP contribution in [0.1, 0.15) is 37.5 Å². The van der Waals surface area contributed by atoms with Gasteiger partial charge in [-0.05, 0) is 30.2 Å². The average molecular weight is 325 g/mol. The Hall–Kier alpha value is -1.04. The third kappa shape index (κ3) is 4.01. The fraction of sp³-hybridized carbons (Fsp3) is 0.417. The van der Waals surface area contributed by atoms with Gasteiger partial charge >= 0.3 is 12.1 Å². The fourth-order valence-corrected chi connectivity index (χ4v) is 2.06. The zero-order valence-corrected chi connectivity index (χ0v) is 11.4. The fourth-order valence-electron chi connectivity index (χ4n) is 1.55.